The molecule has 0 fully saturated rings. The Balaban J connectivity index is 2.07. The van der Waals surface area contributed by atoms with Crippen LogP contribution in [0.3, 0.4) is 0 Å². The molecule has 4 heteroatoms. The minimum absolute atomic E-state index is 0.227. The van der Waals surface area contributed by atoms with E-state index in [1.54, 1.807) is 6.07 Å². The molecule has 0 aliphatic rings. The van der Waals surface area contributed by atoms with Gasteiger partial charge in [-0.3, -0.25) is 0 Å². The molecule has 0 aliphatic heterocycles. The highest BCUT2D eigenvalue weighted by Gasteiger charge is 2.10. The fraction of sp³-hybridized carbons (Fsp3) is 0.200. The average Bonchev–Trinajstić information content (AvgIpc) is 2.40. The third-order valence-electron chi connectivity index (χ3n) is 3.00. The zero-order valence-corrected chi connectivity index (χ0v) is 13.6. The molecule has 0 radical (unpaired) electrons. The second-order valence-corrected chi connectivity index (χ2v) is 5.98. The Morgan fingerprint density at radius 3 is 2.58 bits per heavy atom. The summed E-state index contributed by atoms with van der Waals surface area (Å²) in [5.74, 6) is 0. The molecule has 0 aromatic heterocycles. The second kappa shape index (κ2) is 6.76. The van der Waals surface area contributed by atoms with Crippen LogP contribution in [0.1, 0.15) is 24.1 Å². The topological polar surface area (TPSA) is 12.0 Å². The van der Waals surface area contributed by atoms with Crippen LogP contribution in [0.2, 0.25) is 10.0 Å². The van der Waals surface area contributed by atoms with Gasteiger partial charge in [0.1, 0.15) is 0 Å². The van der Waals surface area contributed by atoms with Crippen LogP contribution in [0, 0.1) is 0 Å². The molecule has 1 unspecified atom stereocenters. The Labute approximate surface area is 132 Å². The van der Waals surface area contributed by atoms with Crippen molar-refractivity contribution in [1.29, 1.82) is 0 Å². The Kier molecular flexibility index (Phi) is 5.28. The van der Waals surface area contributed by atoms with E-state index in [9.17, 15) is 0 Å². The van der Waals surface area contributed by atoms with E-state index in [0.29, 0.717) is 16.6 Å². The van der Waals surface area contributed by atoms with Crippen LogP contribution in [0.5, 0.6) is 0 Å². The smallest absolute Gasteiger partial charge is 0.0637 e. The van der Waals surface area contributed by atoms with Crippen molar-refractivity contribution in [2.45, 2.75) is 19.5 Å². The van der Waals surface area contributed by atoms with Gasteiger partial charge < -0.3 is 5.32 Å². The molecule has 1 atom stereocenters. The van der Waals surface area contributed by atoms with Crippen LogP contribution >= 0.6 is 39.1 Å². The summed E-state index contributed by atoms with van der Waals surface area (Å²) in [5, 5.41) is 4.66. The first-order chi connectivity index (χ1) is 9.09. The highest BCUT2D eigenvalue weighted by Crippen LogP contribution is 2.27. The number of hydrogen-bond acceptors (Lipinski definition) is 1. The maximum absolute atomic E-state index is 6.17. The summed E-state index contributed by atoms with van der Waals surface area (Å²) in [5.41, 5.74) is 2.23. The number of benzene rings is 2. The SMILES string of the molecule is CC(NCc1cccc(Cl)c1Cl)c1ccccc1Br. The lowest BCUT2D eigenvalue weighted by Crippen LogP contribution is -2.18. The van der Waals surface area contributed by atoms with E-state index in [0.717, 1.165) is 10.0 Å². The van der Waals surface area contributed by atoms with Gasteiger partial charge in [-0.25, -0.2) is 0 Å². The van der Waals surface area contributed by atoms with Crippen LogP contribution in [0.25, 0.3) is 0 Å². The second-order valence-electron chi connectivity index (χ2n) is 4.34. The molecule has 2 rings (SSSR count). The first-order valence-corrected chi connectivity index (χ1v) is 7.55. The predicted molar refractivity (Wildman–Crippen MR) is 85.9 cm³/mol. The summed E-state index contributed by atoms with van der Waals surface area (Å²) in [6.45, 7) is 2.81. The molecule has 0 saturated carbocycles. The average molecular weight is 359 g/mol. The summed E-state index contributed by atoms with van der Waals surface area (Å²) in [6.07, 6.45) is 0. The van der Waals surface area contributed by atoms with Crippen molar-refractivity contribution in [2.75, 3.05) is 0 Å². The monoisotopic (exact) mass is 357 g/mol. The number of nitrogens with one attached hydrogen (secondary N) is 1. The van der Waals surface area contributed by atoms with Gasteiger partial charge in [0.05, 0.1) is 10.0 Å². The molecule has 2 aromatic rings. The Morgan fingerprint density at radius 2 is 1.84 bits per heavy atom. The fourth-order valence-corrected chi connectivity index (χ4v) is 2.90. The van der Waals surface area contributed by atoms with Gasteiger partial charge in [0.25, 0.3) is 0 Å². The minimum atomic E-state index is 0.227. The maximum atomic E-state index is 6.17. The third kappa shape index (κ3) is 3.73. The van der Waals surface area contributed by atoms with Crippen LogP contribution in [0.4, 0.5) is 0 Å². The Morgan fingerprint density at radius 1 is 1.11 bits per heavy atom. The van der Waals surface area contributed by atoms with E-state index in [1.165, 1.54) is 5.56 Å². The van der Waals surface area contributed by atoms with E-state index in [1.807, 2.05) is 30.3 Å². The normalized spacial score (nSPS) is 12.4. The van der Waals surface area contributed by atoms with Gasteiger partial charge in [-0.2, -0.15) is 0 Å². The molecule has 100 valence electrons. The number of rotatable bonds is 4. The minimum Gasteiger partial charge on any atom is -0.306 e. The van der Waals surface area contributed by atoms with Crippen molar-refractivity contribution >= 4 is 39.1 Å². The van der Waals surface area contributed by atoms with Crippen molar-refractivity contribution in [2.24, 2.45) is 0 Å². The molecular weight excluding hydrogens is 345 g/mol. The van der Waals surface area contributed by atoms with Gasteiger partial charge in [-0.1, -0.05) is 69.5 Å². The Bertz CT molecular complexity index is 572. The van der Waals surface area contributed by atoms with Crippen molar-refractivity contribution in [3.05, 3.63) is 68.1 Å². The lowest BCUT2D eigenvalue weighted by molar-refractivity contribution is 0.573. The van der Waals surface area contributed by atoms with Crippen molar-refractivity contribution in [3.63, 3.8) is 0 Å². The third-order valence-corrected chi connectivity index (χ3v) is 4.58. The molecule has 0 saturated heterocycles. The maximum Gasteiger partial charge on any atom is 0.0637 e. The van der Waals surface area contributed by atoms with Gasteiger partial charge in [0.15, 0.2) is 0 Å². The molecule has 0 amide bonds. The molecule has 1 N–H and O–H groups in total. The van der Waals surface area contributed by atoms with Gasteiger partial charge in [0, 0.05) is 17.1 Å². The number of hydrogen-bond donors (Lipinski definition) is 1. The van der Waals surface area contributed by atoms with Crippen molar-refractivity contribution < 1.29 is 0 Å². The molecular formula is C15H14BrCl2N. The summed E-state index contributed by atoms with van der Waals surface area (Å²) >= 11 is 15.7. The molecule has 0 spiro atoms. The van der Waals surface area contributed by atoms with E-state index in [4.69, 9.17) is 23.2 Å². The first-order valence-electron chi connectivity index (χ1n) is 6.00. The Hall–Kier alpha value is -0.540. The van der Waals surface area contributed by atoms with Crippen molar-refractivity contribution in [1.82, 2.24) is 5.32 Å². The molecule has 19 heavy (non-hydrogen) atoms. The summed E-state index contributed by atoms with van der Waals surface area (Å²) in [7, 11) is 0. The lowest BCUT2D eigenvalue weighted by Gasteiger charge is -2.16. The van der Waals surface area contributed by atoms with Crippen molar-refractivity contribution in [3.8, 4) is 0 Å². The zero-order valence-electron chi connectivity index (χ0n) is 10.5. The summed E-state index contributed by atoms with van der Waals surface area (Å²) in [6, 6.07) is 14.1. The standard InChI is InChI=1S/C15H14BrCl2N/c1-10(12-6-2-3-7-13(12)16)19-9-11-5-4-8-14(17)15(11)18/h2-8,10,19H,9H2,1H3. The summed E-state index contributed by atoms with van der Waals surface area (Å²) in [4.78, 5) is 0. The highest BCUT2D eigenvalue weighted by molar-refractivity contribution is 9.10. The zero-order chi connectivity index (χ0) is 13.8. The molecule has 0 heterocycles. The van der Waals surface area contributed by atoms with E-state index >= 15 is 0 Å². The number of halogens is 3. The fourth-order valence-electron chi connectivity index (χ4n) is 1.88. The quantitative estimate of drug-likeness (QED) is 0.749. The summed E-state index contributed by atoms with van der Waals surface area (Å²) < 4.78 is 1.10. The first kappa shape index (κ1) is 14.9. The van der Waals surface area contributed by atoms with Crippen LogP contribution in [-0.4, -0.2) is 0 Å². The predicted octanol–water partition coefficient (Wildman–Crippen LogP) is 5.61. The van der Waals surface area contributed by atoms with E-state index in [-0.39, 0.29) is 6.04 Å². The molecule has 0 aliphatic carbocycles. The largest absolute Gasteiger partial charge is 0.306 e. The van der Waals surface area contributed by atoms with Crippen LogP contribution in [0.15, 0.2) is 46.9 Å². The van der Waals surface area contributed by atoms with Gasteiger partial charge in [-0.15, -0.1) is 0 Å². The van der Waals surface area contributed by atoms with Crippen LogP contribution < -0.4 is 5.32 Å². The van der Waals surface area contributed by atoms with Crippen LogP contribution in [-0.2, 0) is 6.54 Å². The molecule has 1 nitrogen and oxygen atoms in total. The lowest BCUT2D eigenvalue weighted by atomic mass is 10.1. The highest BCUT2D eigenvalue weighted by atomic mass is 79.9. The van der Waals surface area contributed by atoms with E-state index in [2.05, 4.69) is 34.2 Å². The van der Waals surface area contributed by atoms with Gasteiger partial charge in [-0.05, 0) is 30.2 Å². The van der Waals surface area contributed by atoms with Gasteiger partial charge >= 0.3 is 0 Å². The van der Waals surface area contributed by atoms with Gasteiger partial charge in [0.2, 0.25) is 0 Å². The molecule has 2 aromatic carbocycles. The van der Waals surface area contributed by atoms with E-state index < -0.39 is 0 Å². The molecule has 0 bridgehead atoms.